The maximum atomic E-state index is 14.2. The first-order valence-electron chi connectivity index (χ1n) is 9.73. The van der Waals surface area contributed by atoms with Crippen LogP contribution in [0.15, 0.2) is 60.8 Å². The van der Waals surface area contributed by atoms with Gasteiger partial charge in [-0.1, -0.05) is 35.9 Å². The fourth-order valence-electron chi connectivity index (χ4n) is 3.75. The number of pyridine rings is 1. The predicted octanol–water partition coefficient (Wildman–Crippen LogP) is 6.44. The average molecular weight is 399 g/mol. The van der Waals surface area contributed by atoms with Crippen LogP contribution in [0.4, 0.5) is 8.78 Å². The van der Waals surface area contributed by atoms with Crippen LogP contribution >= 0.6 is 0 Å². The highest BCUT2D eigenvalue weighted by molar-refractivity contribution is 6.08. The smallest absolute Gasteiger partial charge is 0.161 e. The Balaban J connectivity index is 1.91. The van der Waals surface area contributed by atoms with Gasteiger partial charge >= 0.3 is 0 Å². The average Bonchev–Trinajstić information content (AvgIpc) is 3.12. The van der Waals surface area contributed by atoms with Crippen LogP contribution in [-0.2, 0) is 0 Å². The summed E-state index contributed by atoms with van der Waals surface area (Å²) in [5.74, 6) is -1.81. The summed E-state index contributed by atoms with van der Waals surface area (Å²) in [6, 6.07) is 16.5. The molecule has 148 valence electrons. The van der Waals surface area contributed by atoms with Gasteiger partial charge in [-0.15, -0.1) is 0 Å². The minimum Gasteiger partial charge on any atom is -0.255 e. The van der Waals surface area contributed by atoms with Gasteiger partial charge in [0.25, 0.3) is 0 Å². The second kappa shape index (κ2) is 6.73. The summed E-state index contributed by atoms with van der Waals surface area (Å²) in [6.45, 7) is 6.12. The van der Waals surface area contributed by atoms with Gasteiger partial charge in [-0.3, -0.25) is 4.98 Å². The molecule has 0 saturated heterocycles. The number of rotatable bonds is 2. The third-order valence-electron chi connectivity index (χ3n) is 5.61. The van der Waals surface area contributed by atoms with Gasteiger partial charge < -0.3 is 0 Å². The highest BCUT2D eigenvalue weighted by Crippen LogP contribution is 2.34. The van der Waals surface area contributed by atoms with Crippen molar-refractivity contribution in [3.8, 4) is 16.9 Å². The lowest BCUT2D eigenvalue weighted by molar-refractivity contribution is 0.511. The third-order valence-corrected chi connectivity index (χ3v) is 5.61. The number of nitrogens with zero attached hydrogens (tertiary/aromatic N) is 3. The lowest BCUT2D eigenvalue weighted by Crippen LogP contribution is -1.99. The summed E-state index contributed by atoms with van der Waals surface area (Å²) in [6.07, 6.45) is 1.69. The van der Waals surface area contributed by atoms with E-state index in [1.54, 1.807) is 10.9 Å². The molecule has 0 saturated carbocycles. The van der Waals surface area contributed by atoms with Gasteiger partial charge in [0.05, 0.1) is 16.7 Å². The largest absolute Gasteiger partial charge is 0.255 e. The predicted molar refractivity (Wildman–Crippen MR) is 116 cm³/mol. The number of halogens is 2. The molecule has 5 aromatic rings. The second-order valence-corrected chi connectivity index (χ2v) is 7.70. The Morgan fingerprint density at radius 3 is 2.23 bits per heavy atom. The maximum absolute atomic E-state index is 14.2. The van der Waals surface area contributed by atoms with Crippen LogP contribution in [0.3, 0.4) is 0 Å². The highest BCUT2D eigenvalue weighted by Gasteiger charge is 2.19. The SMILES string of the molecule is Cc1ccc(-c2nn(-c3ccc(C)c(C)c3)c3c2cnc2cc(F)c(F)cc23)cc1. The van der Waals surface area contributed by atoms with Crippen molar-refractivity contribution in [3.63, 3.8) is 0 Å². The van der Waals surface area contributed by atoms with E-state index in [-0.39, 0.29) is 0 Å². The molecule has 0 aliphatic heterocycles. The number of fused-ring (bicyclic) bond motifs is 3. The minimum absolute atomic E-state index is 0.391. The Bertz CT molecular complexity index is 1430. The molecule has 0 fully saturated rings. The monoisotopic (exact) mass is 399 g/mol. The molecule has 0 radical (unpaired) electrons. The molecular weight excluding hydrogens is 380 g/mol. The first-order chi connectivity index (χ1) is 14.4. The van der Waals surface area contributed by atoms with Crippen molar-refractivity contribution >= 4 is 21.8 Å². The van der Waals surface area contributed by atoms with Crippen LogP contribution in [-0.4, -0.2) is 14.8 Å². The Morgan fingerprint density at radius 2 is 1.50 bits per heavy atom. The van der Waals surface area contributed by atoms with E-state index in [2.05, 4.69) is 11.9 Å². The standard InChI is InChI=1S/C25H19F2N3/c1-14-4-7-17(8-5-14)24-20-13-28-23-12-22(27)21(26)11-19(23)25(20)30(29-24)18-9-6-15(2)16(3)10-18/h4-13H,1-3H3. The highest BCUT2D eigenvalue weighted by atomic mass is 19.2. The Labute approximate surface area is 172 Å². The maximum Gasteiger partial charge on any atom is 0.161 e. The van der Waals surface area contributed by atoms with Gasteiger partial charge in [-0.2, -0.15) is 5.10 Å². The molecule has 0 N–H and O–H groups in total. The summed E-state index contributed by atoms with van der Waals surface area (Å²) in [5.41, 5.74) is 7.10. The topological polar surface area (TPSA) is 30.7 Å². The van der Waals surface area contributed by atoms with E-state index in [9.17, 15) is 8.78 Å². The van der Waals surface area contributed by atoms with Gasteiger partial charge in [0.1, 0.15) is 5.69 Å². The zero-order valence-corrected chi connectivity index (χ0v) is 16.9. The van der Waals surface area contributed by atoms with Crippen molar-refractivity contribution in [2.45, 2.75) is 20.8 Å². The number of aryl methyl sites for hydroxylation is 3. The van der Waals surface area contributed by atoms with Gasteiger partial charge in [0, 0.05) is 28.6 Å². The minimum atomic E-state index is -0.912. The molecule has 0 bridgehead atoms. The molecule has 0 atom stereocenters. The molecule has 0 spiro atoms. The summed E-state index contributed by atoms with van der Waals surface area (Å²) in [4.78, 5) is 4.39. The van der Waals surface area contributed by atoms with Crippen molar-refractivity contribution in [1.82, 2.24) is 14.8 Å². The number of aromatic nitrogens is 3. The number of hydrogen-bond donors (Lipinski definition) is 0. The molecule has 5 rings (SSSR count). The molecule has 5 heteroatoms. The summed E-state index contributed by atoms with van der Waals surface area (Å²) in [7, 11) is 0. The van der Waals surface area contributed by atoms with Gasteiger partial charge in [0.15, 0.2) is 11.6 Å². The molecule has 2 aromatic heterocycles. The van der Waals surface area contributed by atoms with Gasteiger partial charge in [-0.05, 0) is 50.1 Å². The molecular formula is C25H19F2N3. The lowest BCUT2D eigenvalue weighted by atomic mass is 10.1. The van der Waals surface area contributed by atoms with E-state index in [1.807, 2.05) is 56.3 Å². The first kappa shape index (κ1) is 18.4. The summed E-state index contributed by atoms with van der Waals surface area (Å²) < 4.78 is 29.8. The van der Waals surface area contributed by atoms with E-state index in [0.717, 1.165) is 39.5 Å². The van der Waals surface area contributed by atoms with Crippen molar-refractivity contribution in [3.05, 3.63) is 89.1 Å². The van der Waals surface area contributed by atoms with Crippen LogP contribution in [0.5, 0.6) is 0 Å². The molecule has 3 aromatic carbocycles. The Kier molecular flexibility index (Phi) is 4.13. The molecule has 2 heterocycles. The van der Waals surface area contributed by atoms with Crippen molar-refractivity contribution in [1.29, 1.82) is 0 Å². The Hall–Kier alpha value is -3.60. The zero-order chi connectivity index (χ0) is 21.0. The molecule has 0 aliphatic rings. The molecule has 0 amide bonds. The van der Waals surface area contributed by atoms with E-state index < -0.39 is 11.6 Å². The molecule has 3 nitrogen and oxygen atoms in total. The second-order valence-electron chi connectivity index (χ2n) is 7.70. The van der Waals surface area contributed by atoms with E-state index in [4.69, 9.17) is 5.10 Å². The summed E-state index contributed by atoms with van der Waals surface area (Å²) in [5, 5.41) is 6.20. The van der Waals surface area contributed by atoms with E-state index >= 15 is 0 Å². The zero-order valence-electron chi connectivity index (χ0n) is 16.9. The number of hydrogen-bond acceptors (Lipinski definition) is 2. The quantitative estimate of drug-likeness (QED) is 0.342. The van der Waals surface area contributed by atoms with Crippen LogP contribution in [0.2, 0.25) is 0 Å². The summed E-state index contributed by atoms with van der Waals surface area (Å²) >= 11 is 0. The van der Waals surface area contributed by atoms with Crippen LogP contribution < -0.4 is 0 Å². The lowest BCUT2D eigenvalue weighted by Gasteiger charge is -2.08. The normalized spacial score (nSPS) is 11.5. The van der Waals surface area contributed by atoms with Crippen molar-refractivity contribution in [2.24, 2.45) is 0 Å². The molecule has 0 aliphatic carbocycles. The van der Waals surface area contributed by atoms with E-state index in [1.165, 1.54) is 11.6 Å². The van der Waals surface area contributed by atoms with E-state index in [0.29, 0.717) is 16.4 Å². The van der Waals surface area contributed by atoms with Crippen LogP contribution in [0, 0.1) is 32.4 Å². The molecule has 0 unspecified atom stereocenters. The molecule has 30 heavy (non-hydrogen) atoms. The third kappa shape index (κ3) is 2.86. The van der Waals surface area contributed by atoms with Gasteiger partial charge in [-0.25, -0.2) is 13.5 Å². The first-order valence-corrected chi connectivity index (χ1v) is 9.73. The van der Waals surface area contributed by atoms with Crippen LogP contribution in [0.1, 0.15) is 16.7 Å². The fourth-order valence-corrected chi connectivity index (χ4v) is 3.75. The number of benzene rings is 3. The van der Waals surface area contributed by atoms with Gasteiger partial charge in [0.2, 0.25) is 0 Å². The fraction of sp³-hybridized carbons (Fsp3) is 0.120. The van der Waals surface area contributed by atoms with Crippen molar-refractivity contribution in [2.75, 3.05) is 0 Å². The van der Waals surface area contributed by atoms with Crippen molar-refractivity contribution < 1.29 is 8.78 Å². The van der Waals surface area contributed by atoms with Crippen LogP contribution in [0.25, 0.3) is 38.8 Å². The Morgan fingerprint density at radius 1 is 0.767 bits per heavy atom.